The molecule has 1 aliphatic heterocycles. The topological polar surface area (TPSA) is 73.0 Å². The van der Waals surface area contributed by atoms with Gasteiger partial charge in [-0.1, -0.05) is 70.9 Å². The van der Waals surface area contributed by atoms with Crippen molar-refractivity contribution in [1.29, 1.82) is 0 Å². The van der Waals surface area contributed by atoms with Gasteiger partial charge in [0.05, 0.1) is 13.9 Å². The van der Waals surface area contributed by atoms with Crippen molar-refractivity contribution in [2.75, 3.05) is 52.2 Å². The Kier molecular flexibility index (Phi) is 30.4. The Balaban J connectivity index is 0. The summed E-state index contributed by atoms with van der Waals surface area (Å²) in [6, 6.07) is 14.4. The van der Waals surface area contributed by atoms with Gasteiger partial charge in [-0.05, 0) is 120 Å². The summed E-state index contributed by atoms with van der Waals surface area (Å²) in [5, 5.41) is 2.75. The number of amides is 1. The lowest BCUT2D eigenvalue weighted by Crippen LogP contribution is -2.35. The second kappa shape index (κ2) is 31.1. The number of benzene rings is 2. The molecule has 1 unspecified atom stereocenters. The molecule has 0 saturated carbocycles. The van der Waals surface area contributed by atoms with Crippen LogP contribution in [-0.2, 0) is 27.3 Å². The third kappa shape index (κ3) is 18.9. The predicted octanol–water partition coefficient (Wildman–Crippen LogP) is 7.42. The second-order valence-electron chi connectivity index (χ2n) is 11.6. The van der Waals surface area contributed by atoms with Crippen LogP contribution in [0.2, 0.25) is 6.82 Å². The van der Waals surface area contributed by atoms with E-state index in [2.05, 4.69) is 92.9 Å². The number of aryl methyl sites for hydroxylation is 1. The van der Waals surface area contributed by atoms with Crippen molar-refractivity contribution >= 4 is 32.5 Å². The van der Waals surface area contributed by atoms with E-state index in [0.29, 0.717) is 31.7 Å². The van der Waals surface area contributed by atoms with Gasteiger partial charge in [-0.3, -0.25) is 4.79 Å². The summed E-state index contributed by atoms with van der Waals surface area (Å²) >= 11 is 0. The second-order valence-corrected chi connectivity index (χ2v) is 11.6. The summed E-state index contributed by atoms with van der Waals surface area (Å²) in [7, 11) is 10.4. The Morgan fingerprint density at radius 2 is 1.54 bits per heavy atom. The molecule has 1 heterocycles. The van der Waals surface area contributed by atoms with Crippen LogP contribution < -0.4 is 10.2 Å². The van der Waals surface area contributed by atoms with Crippen LogP contribution in [0.1, 0.15) is 94.4 Å². The smallest absolute Gasteiger partial charge is 0.210 e. The lowest BCUT2D eigenvalue weighted by atomic mass is 9.88. The molecule has 2 aromatic carbocycles. The number of anilines is 1. The number of nitrogens with zero attached hydrogens (tertiary/aromatic N) is 3. The van der Waals surface area contributed by atoms with Crippen molar-refractivity contribution < 1.29 is 14.4 Å². The van der Waals surface area contributed by atoms with E-state index in [1.54, 1.807) is 11.0 Å². The van der Waals surface area contributed by atoms with E-state index in [1.807, 2.05) is 34.9 Å². The van der Waals surface area contributed by atoms with Crippen LogP contribution >= 0.6 is 0 Å². The number of hydrogen-bond donors (Lipinski definition) is 1. The van der Waals surface area contributed by atoms with E-state index in [0.717, 1.165) is 67.3 Å². The first kappa shape index (κ1) is 46.9. The first-order chi connectivity index (χ1) is 23.3. The van der Waals surface area contributed by atoms with Crippen LogP contribution in [0.4, 0.5) is 5.69 Å². The lowest BCUT2D eigenvalue weighted by molar-refractivity contribution is -0.126. The molecule has 0 spiro atoms. The first-order valence-corrected chi connectivity index (χ1v) is 17.8. The Hall–Kier alpha value is -3.23. The third-order valence-corrected chi connectivity index (χ3v) is 7.91. The van der Waals surface area contributed by atoms with Crippen molar-refractivity contribution in [1.82, 2.24) is 15.1 Å². The highest BCUT2D eigenvalue weighted by molar-refractivity contribution is 6.05. The minimum atomic E-state index is -0.433. The molecule has 1 amide bonds. The molecule has 0 aromatic heterocycles. The number of aldehydes is 2. The SMILES string of the molecule is C=CCCC(C=O)N(C=O)Cc1cc(N2CCC(c3ccc(CC=O)cc3)CC2)ccc1C.CC.CCCN(C)CCC.CNC.[B]C. The minimum absolute atomic E-state index is 0.424. The normalized spacial score (nSPS) is 12.7. The standard InChI is InChI=1S/C28H34N2O3.C7H17N.C2H7N.C2H6.CH3B/c1-3-4-5-28(20-32)30(21-33)19-26-18-27(11-6-22(26)2)29-15-12-25(13-16-29)24-9-7-23(8-10-24)14-17-31;1-4-6-8(3)7-5-2;1-3-2;2*1-2/h3,6-11,17-18,20-21,25,28H,1,4-5,12-16,19H2,2H3;4-7H2,1-3H3;3H,1-2H3;1-2H3;1H3. The van der Waals surface area contributed by atoms with Gasteiger partial charge in [-0.2, -0.15) is 0 Å². The Morgan fingerprint density at radius 3 is 2.00 bits per heavy atom. The molecule has 1 fully saturated rings. The molecule has 0 aliphatic carbocycles. The van der Waals surface area contributed by atoms with Gasteiger partial charge in [0.2, 0.25) is 6.41 Å². The summed E-state index contributed by atoms with van der Waals surface area (Å²) < 4.78 is 0. The molecule has 1 N–H and O–H groups in total. The molecule has 1 saturated heterocycles. The molecule has 1 aliphatic rings. The van der Waals surface area contributed by atoms with Crippen LogP contribution in [0.25, 0.3) is 0 Å². The third-order valence-electron chi connectivity index (χ3n) is 7.91. The van der Waals surface area contributed by atoms with E-state index in [1.165, 1.54) is 38.3 Å². The Morgan fingerprint density at radius 1 is 0.979 bits per heavy atom. The van der Waals surface area contributed by atoms with Crippen molar-refractivity contribution in [2.24, 2.45) is 0 Å². The maximum absolute atomic E-state index is 11.7. The molecule has 268 valence electrons. The first-order valence-electron chi connectivity index (χ1n) is 17.8. The molecular weight excluding hydrogens is 595 g/mol. The van der Waals surface area contributed by atoms with E-state index < -0.39 is 6.04 Å². The quantitative estimate of drug-likeness (QED) is 0.115. The molecule has 3 rings (SSSR count). The zero-order valence-electron chi connectivity index (χ0n) is 31.8. The van der Waals surface area contributed by atoms with Crippen molar-refractivity contribution in [3.63, 3.8) is 0 Å². The Labute approximate surface area is 296 Å². The van der Waals surface area contributed by atoms with Gasteiger partial charge in [0.25, 0.3) is 0 Å². The van der Waals surface area contributed by atoms with Gasteiger partial charge in [0, 0.05) is 31.7 Å². The fourth-order valence-corrected chi connectivity index (χ4v) is 5.42. The van der Waals surface area contributed by atoms with Crippen LogP contribution in [0, 0.1) is 6.92 Å². The van der Waals surface area contributed by atoms with Crippen LogP contribution in [-0.4, -0.2) is 90.0 Å². The summed E-state index contributed by atoms with van der Waals surface area (Å²) in [6.45, 7) is 20.5. The van der Waals surface area contributed by atoms with Crippen molar-refractivity contribution in [2.45, 2.75) is 105 Å². The number of carbonyl (C=O) groups is 3. The summed E-state index contributed by atoms with van der Waals surface area (Å²) in [6.07, 6.45) is 10.8. The van der Waals surface area contributed by atoms with Gasteiger partial charge in [-0.15, -0.1) is 6.58 Å². The zero-order valence-corrected chi connectivity index (χ0v) is 31.8. The Bertz CT molecular complexity index is 1080. The predicted molar refractivity (Wildman–Crippen MR) is 208 cm³/mol. The van der Waals surface area contributed by atoms with Crippen LogP contribution in [0.5, 0.6) is 0 Å². The summed E-state index contributed by atoms with van der Waals surface area (Å²) in [5.74, 6) is 0.528. The fourth-order valence-electron chi connectivity index (χ4n) is 5.42. The number of nitrogens with one attached hydrogen (secondary N) is 1. The number of carbonyl (C=O) groups excluding carboxylic acids is 3. The molecular formula is C40H67BN4O3. The average molecular weight is 663 g/mol. The highest BCUT2D eigenvalue weighted by Gasteiger charge is 2.22. The van der Waals surface area contributed by atoms with E-state index in [9.17, 15) is 14.4 Å². The van der Waals surface area contributed by atoms with Gasteiger partial charge in [0.15, 0.2) is 0 Å². The number of piperidine rings is 1. The number of allylic oxidation sites excluding steroid dienone is 1. The maximum atomic E-state index is 11.7. The fraction of sp³-hybridized carbons (Fsp3) is 0.575. The zero-order chi connectivity index (χ0) is 36.7. The highest BCUT2D eigenvalue weighted by atomic mass is 16.1. The lowest BCUT2D eigenvalue weighted by Gasteiger charge is -2.34. The largest absolute Gasteiger partial charge is 0.371 e. The summed E-state index contributed by atoms with van der Waals surface area (Å²) in [5.41, 5.74) is 5.75. The molecule has 48 heavy (non-hydrogen) atoms. The van der Waals surface area contributed by atoms with Crippen LogP contribution in [0.3, 0.4) is 0 Å². The van der Waals surface area contributed by atoms with Crippen molar-refractivity contribution in [3.8, 4) is 0 Å². The molecule has 1 atom stereocenters. The van der Waals surface area contributed by atoms with E-state index in [4.69, 9.17) is 0 Å². The summed E-state index contributed by atoms with van der Waals surface area (Å²) in [4.78, 5) is 40.3. The number of rotatable bonds is 16. The van der Waals surface area contributed by atoms with E-state index >= 15 is 0 Å². The molecule has 2 aromatic rings. The van der Waals surface area contributed by atoms with Gasteiger partial charge < -0.3 is 29.6 Å². The molecule has 0 bridgehead atoms. The van der Waals surface area contributed by atoms with Gasteiger partial charge in [-0.25, -0.2) is 0 Å². The molecule has 7 nitrogen and oxygen atoms in total. The molecule has 2 radical (unpaired) electrons. The van der Waals surface area contributed by atoms with Crippen molar-refractivity contribution in [3.05, 3.63) is 77.4 Å². The maximum Gasteiger partial charge on any atom is 0.210 e. The van der Waals surface area contributed by atoms with E-state index in [-0.39, 0.29) is 0 Å². The monoisotopic (exact) mass is 663 g/mol. The molecule has 8 heteroatoms. The van der Waals surface area contributed by atoms with Gasteiger partial charge >= 0.3 is 0 Å². The van der Waals surface area contributed by atoms with Crippen LogP contribution in [0.15, 0.2) is 55.1 Å². The number of hydrogen-bond acceptors (Lipinski definition) is 6. The van der Waals surface area contributed by atoms with Gasteiger partial charge in [0.1, 0.15) is 12.6 Å². The highest BCUT2D eigenvalue weighted by Crippen LogP contribution is 2.31. The minimum Gasteiger partial charge on any atom is -0.371 e. The average Bonchev–Trinajstić information content (AvgIpc) is 3.12.